The highest BCUT2D eigenvalue weighted by molar-refractivity contribution is 5.98. The van der Waals surface area contributed by atoms with Gasteiger partial charge in [0, 0.05) is 17.3 Å². The first-order valence-electron chi connectivity index (χ1n) is 6.57. The second-order valence-corrected chi connectivity index (χ2v) is 5.08. The third-order valence-electron chi connectivity index (χ3n) is 3.26. The number of pyridine rings is 1. The Morgan fingerprint density at radius 1 is 1.10 bits per heavy atom. The second-order valence-electron chi connectivity index (χ2n) is 5.08. The minimum Gasteiger partial charge on any atom is -0.453 e. The molecule has 0 aliphatic carbocycles. The summed E-state index contributed by atoms with van der Waals surface area (Å²) < 4.78 is 5.60. The number of hydrogen-bond acceptors (Lipinski definition) is 3. The van der Waals surface area contributed by atoms with Crippen LogP contribution in [0, 0.1) is 13.8 Å². The van der Waals surface area contributed by atoms with Crippen molar-refractivity contribution in [3.63, 3.8) is 0 Å². The molecule has 0 aliphatic rings. The number of rotatable bonds is 3. The summed E-state index contributed by atoms with van der Waals surface area (Å²) in [5, 5.41) is 0.963. The van der Waals surface area contributed by atoms with Crippen molar-refractivity contribution in [1.82, 2.24) is 4.98 Å². The van der Waals surface area contributed by atoms with Crippen LogP contribution in [-0.2, 0) is 6.42 Å². The van der Waals surface area contributed by atoms with Crippen molar-refractivity contribution in [2.24, 2.45) is 0 Å². The highest BCUT2D eigenvalue weighted by Gasteiger charge is 2.13. The number of aryl methyl sites for hydroxylation is 2. The van der Waals surface area contributed by atoms with Crippen molar-refractivity contribution < 1.29 is 9.21 Å². The minimum atomic E-state index is -0.0461. The molecule has 0 spiro atoms. The quantitative estimate of drug-likeness (QED) is 0.675. The van der Waals surface area contributed by atoms with E-state index < -0.39 is 0 Å². The number of carbonyl (C=O) groups excluding carboxylic acids is 1. The molecule has 3 aromatic rings. The summed E-state index contributed by atoms with van der Waals surface area (Å²) in [7, 11) is 0. The van der Waals surface area contributed by atoms with Gasteiger partial charge in [0.25, 0.3) is 0 Å². The predicted molar refractivity (Wildman–Crippen MR) is 78.0 cm³/mol. The molecule has 3 rings (SSSR count). The smallest absolute Gasteiger partial charge is 0.203 e. The fourth-order valence-corrected chi connectivity index (χ4v) is 2.15. The number of aromatic nitrogens is 1. The number of nitrogens with zero attached hydrogens (tertiary/aromatic N) is 1. The fourth-order valence-electron chi connectivity index (χ4n) is 2.15. The summed E-state index contributed by atoms with van der Waals surface area (Å²) in [6, 6.07) is 11.5. The van der Waals surface area contributed by atoms with Crippen LogP contribution >= 0.6 is 0 Å². The van der Waals surface area contributed by atoms with E-state index in [4.69, 9.17) is 4.42 Å². The molecule has 3 nitrogen and oxygen atoms in total. The van der Waals surface area contributed by atoms with E-state index in [2.05, 4.69) is 4.98 Å². The molecular formula is C17H15NO2. The maximum absolute atomic E-state index is 12.2. The Bertz CT molecular complexity index is 769. The molecule has 2 aromatic heterocycles. The van der Waals surface area contributed by atoms with E-state index in [1.165, 1.54) is 0 Å². The summed E-state index contributed by atoms with van der Waals surface area (Å²) in [5.74, 6) is 0.350. The van der Waals surface area contributed by atoms with Crippen molar-refractivity contribution in [2.75, 3.05) is 0 Å². The zero-order valence-corrected chi connectivity index (χ0v) is 11.5. The number of fused-ring (bicyclic) bond motifs is 1. The van der Waals surface area contributed by atoms with Crippen molar-refractivity contribution in [2.45, 2.75) is 20.3 Å². The van der Waals surface area contributed by atoms with Gasteiger partial charge in [-0.25, -0.2) is 0 Å². The van der Waals surface area contributed by atoms with E-state index in [-0.39, 0.29) is 12.2 Å². The molecule has 0 radical (unpaired) electrons. The molecule has 0 atom stereocenters. The van der Waals surface area contributed by atoms with Gasteiger partial charge < -0.3 is 4.42 Å². The largest absolute Gasteiger partial charge is 0.453 e. The van der Waals surface area contributed by atoms with Gasteiger partial charge in [-0.3, -0.25) is 9.78 Å². The lowest BCUT2D eigenvalue weighted by molar-refractivity contribution is 0.0967. The maximum Gasteiger partial charge on any atom is 0.203 e. The zero-order chi connectivity index (χ0) is 14.1. The zero-order valence-electron chi connectivity index (χ0n) is 11.5. The highest BCUT2D eigenvalue weighted by atomic mass is 16.3. The number of hydrogen-bond donors (Lipinski definition) is 0. The Hall–Kier alpha value is -2.42. The molecule has 20 heavy (non-hydrogen) atoms. The van der Waals surface area contributed by atoms with E-state index in [9.17, 15) is 4.79 Å². The average Bonchev–Trinajstić information content (AvgIpc) is 2.84. The molecule has 0 unspecified atom stereocenters. The van der Waals surface area contributed by atoms with Crippen LogP contribution in [-0.4, -0.2) is 10.8 Å². The molecule has 0 amide bonds. The summed E-state index contributed by atoms with van der Waals surface area (Å²) >= 11 is 0. The van der Waals surface area contributed by atoms with E-state index in [1.807, 2.05) is 44.2 Å². The first kappa shape index (κ1) is 12.6. The van der Waals surface area contributed by atoms with Crippen LogP contribution in [0.15, 0.2) is 47.0 Å². The average molecular weight is 265 g/mol. The van der Waals surface area contributed by atoms with Crippen molar-refractivity contribution >= 4 is 16.8 Å². The molecule has 0 N–H and O–H groups in total. The van der Waals surface area contributed by atoms with Gasteiger partial charge in [0.1, 0.15) is 5.58 Å². The molecular weight excluding hydrogens is 250 g/mol. The normalized spacial score (nSPS) is 10.9. The second kappa shape index (κ2) is 4.93. The molecule has 0 bridgehead atoms. The third-order valence-corrected chi connectivity index (χ3v) is 3.26. The van der Waals surface area contributed by atoms with Gasteiger partial charge in [-0.05, 0) is 43.7 Å². The van der Waals surface area contributed by atoms with Crippen LogP contribution in [0.4, 0.5) is 0 Å². The SMILES string of the molecule is Cc1ccc(CC(=O)c2cc3cc(C)ccc3o2)nc1. The Labute approximate surface area is 117 Å². The van der Waals surface area contributed by atoms with Gasteiger partial charge in [0.2, 0.25) is 5.78 Å². The number of carbonyl (C=O) groups is 1. The molecule has 3 heteroatoms. The molecule has 0 fully saturated rings. The van der Waals surface area contributed by atoms with Crippen LogP contribution in [0.5, 0.6) is 0 Å². The van der Waals surface area contributed by atoms with Crippen LogP contribution < -0.4 is 0 Å². The summed E-state index contributed by atoms with van der Waals surface area (Å²) in [4.78, 5) is 16.5. The summed E-state index contributed by atoms with van der Waals surface area (Å²) in [5.41, 5.74) is 3.74. The van der Waals surface area contributed by atoms with E-state index in [0.29, 0.717) is 5.76 Å². The predicted octanol–water partition coefficient (Wildman–Crippen LogP) is 3.87. The lowest BCUT2D eigenvalue weighted by Gasteiger charge is -1.98. The summed E-state index contributed by atoms with van der Waals surface area (Å²) in [6.45, 7) is 3.99. The van der Waals surface area contributed by atoms with Crippen LogP contribution in [0.2, 0.25) is 0 Å². The van der Waals surface area contributed by atoms with Crippen LogP contribution in [0.3, 0.4) is 0 Å². The first-order valence-corrected chi connectivity index (χ1v) is 6.57. The standard InChI is InChI=1S/C17H15NO2/c1-11-4-6-16-13(7-11)8-17(20-16)15(19)9-14-5-3-12(2)10-18-14/h3-8,10H,9H2,1-2H3. The van der Waals surface area contributed by atoms with E-state index >= 15 is 0 Å². The van der Waals surface area contributed by atoms with E-state index in [1.54, 1.807) is 12.3 Å². The molecule has 100 valence electrons. The first-order chi connectivity index (χ1) is 9.61. The minimum absolute atomic E-state index is 0.0461. The van der Waals surface area contributed by atoms with Gasteiger partial charge in [-0.1, -0.05) is 17.7 Å². The lowest BCUT2D eigenvalue weighted by atomic mass is 10.1. The van der Waals surface area contributed by atoms with Crippen molar-refractivity contribution in [3.8, 4) is 0 Å². The molecule has 2 heterocycles. The lowest BCUT2D eigenvalue weighted by Crippen LogP contribution is -2.03. The molecule has 0 saturated carbocycles. The van der Waals surface area contributed by atoms with Gasteiger partial charge in [-0.15, -0.1) is 0 Å². The van der Waals surface area contributed by atoms with Gasteiger partial charge in [0.05, 0.1) is 6.42 Å². The molecule has 1 aromatic carbocycles. The van der Waals surface area contributed by atoms with Crippen molar-refractivity contribution in [1.29, 1.82) is 0 Å². The molecule has 0 aliphatic heterocycles. The third kappa shape index (κ3) is 2.48. The number of ketones is 1. The van der Waals surface area contributed by atoms with Crippen LogP contribution in [0.1, 0.15) is 27.4 Å². The van der Waals surface area contributed by atoms with Gasteiger partial charge >= 0.3 is 0 Å². The monoisotopic (exact) mass is 265 g/mol. The number of benzene rings is 1. The topological polar surface area (TPSA) is 43.1 Å². The Morgan fingerprint density at radius 2 is 1.90 bits per heavy atom. The fraction of sp³-hybridized carbons (Fsp3) is 0.176. The van der Waals surface area contributed by atoms with E-state index in [0.717, 1.165) is 27.8 Å². The van der Waals surface area contributed by atoms with Crippen LogP contribution in [0.25, 0.3) is 11.0 Å². The maximum atomic E-state index is 12.2. The highest BCUT2D eigenvalue weighted by Crippen LogP contribution is 2.21. The Balaban J connectivity index is 1.86. The molecule has 0 saturated heterocycles. The Kier molecular flexibility index (Phi) is 3.11. The van der Waals surface area contributed by atoms with Gasteiger partial charge in [0.15, 0.2) is 5.76 Å². The number of furan rings is 1. The number of Topliss-reactive ketones (excluding diaryl/α,β-unsaturated/α-hetero) is 1. The van der Waals surface area contributed by atoms with Gasteiger partial charge in [-0.2, -0.15) is 0 Å². The van der Waals surface area contributed by atoms with Crippen molar-refractivity contribution in [3.05, 3.63) is 65.2 Å². The summed E-state index contributed by atoms with van der Waals surface area (Å²) in [6.07, 6.45) is 2.03. The Morgan fingerprint density at radius 3 is 2.65 bits per heavy atom.